The van der Waals surface area contributed by atoms with Crippen molar-refractivity contribution in [2.45, 2.75) is 39.7 Å². The van der Waals surface area contributed by atoms with Crippen molar-refractivity contribution >= 4 is 45.3 Å². The summed E-state index contributed by atoms with van der Waals surface area (Å²) in [5.74, 6) is -1.37. The normalized spacial score (nSPS) is 11.2. The summed E-state index contributed by atoms with van der Waals surface area (Å²) >= 11 is 0. The molecule has 0 saturated carbocycles. The molecule has 0 saturated heterocycles. The number of aryl methyl sites for hydroxylation is 1. The molecule has 0 aliphatic rings. The molecule has 0 spiro atoms. The maximum absolute atomic E-state index is 12.2. The maximum Gasteiger partial charge on any atom is 0.328 e. The van der Waals surface area contributed by atoms with Gasteiger partial charge in [-0.1, -0.05) is 31.5 Å². The van der Waals surface area contributed by atoms with Crippen molar-refractivity contribution in [2.75, 3.05) is 5.32 Å². The molecule has 0 unspecified atom stereocenters. The van der Waals surface area contributed by atoms with Crippen LogP contribution < -0.4 is 16.0 Å². The maximum atomic E-state index is 12.2. The van der Waals surface area contributed by atoms with Gasteiger partial charge in [-0.05, 0) is 37.6 Å². The number of fused-ring (bicyclic) bond motifs is 3. The zero-order valence-corrected chi connectivity index (χ0v) is 18.1. The number of rotatable bonds is 7. The lowest BCUT2D eigenvalue weighted by molar-refractivity contribution is -0.120. The van der Waals surface area contributed by atoms with Crippen molar-refractivity contribution in [3.8, 4) is 6.07 Å². The average Bonchev–Trinajstić information content (AvgIpc) is 3.11. The molecule has 1 aromatic heterocycles. The van der Waals surface area contributed by atoms with Gasteiger partial charge in [0.15, 0.2) is 0 Å². The Balaban J connectivity index is 1.74. The Kier molecular flexibility index (Phi) is 7.24. The van der Waals surface area contributed by atoms with Gasteiger partial charge in [-0.15, -0.1) is 0 Å². The molecular formula is C24H25N5O3. The van der Waals surface area contributed by atoms with Crippen LogP contribution in [0.25, 0.3) is 21.8 Å². The van der Waals surface area contributed by atoms with Gasteiger partial charge in [-0.2, -0.15) is 5.26 Å². The Morgan fingerprint density at radius 1 is 1.03 bits per heavy atom. The number of aromatic nitrogens is 1. The Hall–Kier alpha value is -4.12. The van der Waals surface area contributed by atoms with Crippen LogP contribution in [0.4, 0.5) is 10.5 Å². The summed E-state index contributed by atoms with van der Waals surface area (Å²) in [7, 11) is 0. The first-order valence-electron chi connectivity index (χ1n) is 10.5. The Labute approximate surface area is 185 Å². The summed E-state index contributed by atoms with van der Waals surface area (Å²) in [6, 6.07) is 14.7. The molecule has 0 aliphatic heterocycles. The largest absolute Gasteiger partial charge is 0.360 e. The molecule has 164 valence electrons. The quantitative estimate of drug-likeness (QED) is 0.383. The topological polar surface area (TPSA) is 116 Å². The van der Waals surface area contributed by atoms with E-state index in [9.17, 15) is 19.6 Å². The predicted octanol–water partition coefficient (Wildman–Crippen LogP) is 4.18. The lowest BCUT2D eigenvalue weighted by Crippen LogP contribution is -2.42. The number of hydrogen-bond acceptors (Lipinski definition) is 5. The summed E-state index contributed by atoms with van der Waals surface area (Å²) in [6.45, 7) is 4.85. The van der Waals surface area contributed by atoms with Gasteiger partial charge in [0.2, 0.25) is 5.91 Å². The summed E-state index contributed by atoms with van der Waals surface area (Å²) < 4.78 is 2.22. The zero-order chi connectivity index (χ0) is 23.1. The molecule has 3 rings (SSSR count). The number of urea groups is 1. The van der Waals surface area contributed by atoms with Crippen LogP contribution in [0.3, 0.4) is 0 Å². The second kappa shape index (κ2) is 10.3. The van der Waals surface area contributed by atoms with Gasteiger partial charge >= 0.3 is 6.03 Å². The molecule has 32 heavy (non-hydrogen) atoms. The smallest absolute Gasteiger partial charge is 0.328 e. The number of nitrogens with zero attached hydrogens (tertiary/aromatic N) is 2. The zero-order valence-electron chi connectivity index (χ0n) is 18.1. The fourth-order valence-electron chi connectivity index (χ4n) is 3.52. The third-order valence-corrected chi connectivity index (χ3v) is 5.07. The van der Waals surface area contributed by atoms with Crippen LogP contribution in [-0.4, -0.2) is 22.4 Å². The number of para-hydroxylation sites is 1. The molecule has 4 amide bonds. The van der Waals surface area contributed by atoms with E-state index in [1.165, 1.54) is 6.20 Å². The number of benzene rings is 2. The monoisotopic (exact) mass is 431 g/mol. The van der Waals surface area contributed by atoms with Gasteiger partial charge in [-0.25, -0.2) is 4.79 Å². The molecule has 8 nitrogen and oxygen atoms in total. The highest BCUT2D eigenvalue weighted by Gasteiger charge is 2.15. The number of unbranched alkanes of at least 4 members (excludes halogenated alkanes) is 1. The van der Waals surface area contributed by atoms with Gasteiger partial charge in [-0.3, -0.25) is 20.2 Å². The van der Waals surface area contributed by atoms with Crippen LogP contribution in [0.1, 0.15) is 33.1 Å². The number of hydrogen-bond donors (Lipinski definition) is 3. The van der Waals surface area contributed by atoms with Crippen LogP contribution in [0.2, 0.25) is 0 Å². The fourth-order valence-corrected chi connectivity index (χ4v) is 3.52. The molecule has 0 bridgehead atoms. The number of carbonyl (C=O) groups excluding carboxylic acids is 3. The third kappa shape index (κ3) is 4.95. The minimum Gasteiger partial charge on any atom is -0.360 e. The van der Waals surface area contributed by atoms with Crippen LogP contribution in [0, 0.1) is 11.3 Å². The van der Waals surface area contributed by atoms with E-state index in [1.54, 1.807) is 6.07 Å². The fraction of sp³-hybridized carbons (Fsp3) is 0.250. The first kappa shape index (κ1) is 22.6. The van der Waals surface area contributed by atoms with E-state index in [0.29, 0.717) is 12.1 Å². The lowest BCUT2D eigenvalue weighted by Gasteiger charge is -2.06. The van der Waals surface area contributed by atoms with Gasteiger partial charge in [0.05, 0.1) is 0 Å². The van der Waals surface area contributed by atoms with Crippen LogP contribution in [-0.2, 0) is 16.1 Å². The van der Waals surface area contributed by atoms with E-state index in [2.05, 4.69) is 34.3 Å². The second-order valence-corrected chi connectivity index (χ2v) is 7.24. The van der Waals surface area contributed by atoms with E-state index >= 15 is 0 Å². The molecule has 0 atom stereocenters. The van der Waals surface area contributed by atoms with Gasteiger partial charge in [0, 0.05) is 46.7 Å². The number of carbonyl (C=O) groups is 3. The van der Waals surface area contributed by atoms with E-state index in [1.807, 2.05) is 42.6 Å². The molecule has 2 aromatic carbocycles. The van der Waals surface area contributed by atoms with Crippen molar-refractivity contribution in [1.29, 1.82) is 5.26 Å². The minimum atomic E-state index is -0.953. The average molecular weight is 431 g/mol. The van der Waals surface area contributed by atoms with Crippen LogP contribution in [0.15, 0.2) is 54.2 Å². The van der Waals surface area contributed by atoms with Crippen molar-refractivity contribution in [3.63, 3.8) is 0 Å². The summed E-state index contributed by atoms with van der Waals surface area (Å²) in [5, 5.41) is 18.5. The number of amides is 4. The SMILES string of the molecule is CCCCC(=O)NC(=O)NC(=O)C(C#N)=CNc1ccc2c(c1)c1ccccc1n2CC. The van der Waals surface area contributed by atoms with Crippen molar-refractivity contribution < 1.29 is 14.4 Å². The highest BCUT2D eigenvalue weighted by Crippen LogP contribution is 2.31. The highest BCUT2D eigenvalue weighted by molar-refractivity contribution is 6.10. The lowest BCUT2D eigenvalue weighted by atomic mass is 10.1. The Morgan fingerprint density at radius 2 is 1.78 bits per heavy atom. The number of anilines is 1. The van der Waals surface area contributed by atoms with Crippen molar-refractivity contribution in [3.05, 3.63) is 54.2 Å². The molecular weight excluding hydrogens is 406 g/mol. The summed E-state index contributed by atoms with van der Waals surface area (Å²) in [5.41, 5.74) is 2.62. The molecule has 1 heterocycles. The van der Waals surface area contributed by atoms with Crippen molar-refractivity contribution in [1.82, 2.24) is 15.2 Å². The molecule has 0 aliphatic carbocycles. The van der Waals surface area contributed by atoms with Gasteiger partial charge < -0.3 is 9.88 Å². The predicted molar refractivity (Wildman–Crippen MR) is 124 cm³/mol. The van der Waals surface area contributed by atoms with Gasteiger partial charge in [0.25, 0.3) is 5.91 Å². The first-order valence-corrected chi connectivity index (χ1v) is 10.5. The van der Waals surface area contributed by atoms with E-state index in [0.717, 1.165) is 34.8 Å². The van der Waals surface area contributed by atoms with Crippen LogP contribution in [0.5, 0.6) is 0 Å². The van der Waals surface area contributed by atoms with Crippen molar-refractivity contribution in [2.24, 2.45) is 0 Å². The highest BCUT2D eigenvalue weighted by atomic mass is 16.2. The van der Waals surface area contributed by atoms with E-state index in [4.69, 9.17) is 0 Å². The molecule has 8 heteroatoms. The van der Waals surface area contributed by atoms with E-state index in [-0.39, 0.29) is 12.0 Å². The van der Waals surface area contributed by atoms with Crippen LogP contribution >= 0.6 is 0 Å². The Morgan fingerprint density at radius 3 is 2.50 bits per heavy atom. The number of imide groups is 2. The number of nitriles is 1. The summed E-state index contributed by atoms with van der Waals surface area (Å²) in [6.07, 6.45) is 2.88. The molecule has 0 radical (unpaired) electrons. The summed E-state index contributed by atoms with van der Waals surface area (Å²) in [4.78, 5) is 35.6. The molecule has 0 fully saturated rings. The second-order valence-electron chi connectivity index (χ2n) is 7.24. The third-order valence-electron chi connectivity index (χ3n) is 5.07. The number of nitrogens with one attached hydrogen (secondary N) is 3. The Bertz CT molecular complexity index is 1250. The first-order chi connectivity index (χ1) is 15.5. The molecule has 3 aromatic rings. The van der Waals surface area contributed by atoms with Gasteiger partial charge in [0.1, 0.15) is 11.6 Å². The standard InChI is InChI=1S/C24H25N5O3/c1-3-5-10-22(30)27-24(32)28-23(31)16(14-25)15-26-17-11-12-21-19(13-17)18-8-6-7-9-20(18)29(21)4-2/h6-9,11-13,15,26H,3-5,10H2,1-2H3,(H2,27,28,30,31,32). The molecule has 3 N–H and O–H groups in total. The minimum absolute atomic E-state index is 0.192. The van der Waals surface area contributed by atoms with E-state index < -0.39 is 17.8 Å².